The van der Waals surface area contributed by atoms with E-state index in [1.807, 2.05) is 24.3 Å². The first-order valence-corrected chi connectivity index (χ1v) is 8.17. The zero-order chi connectivity index (χ0) is 20.6. The summed E-state index contributed by atoms with van der Waals surface area (Å²) < 4.78 is 0. The first-order chi connectivity index (χ1) is 14.0. The van der Waals surface area contributed by atoms with Crippen molar-refractivity contribution >= 4 is 11.9 Å². The smallest absolute Gasteiger partial charge is 0.543 e. The SMILES string of the molecule is O=C([O-])c1cccc(C(=O)[O-])n1.[Ni+2].[OH3+].[OH3+].c1cc(-c2n[nH]c(-c3ccncc3)n2)ccn1. The molecule has 0 saturated carbocycles. The third kappa shape index (κ3) is 7.32. The summed E-state index contributed by atoms with van der Waals surface area (Å²) in [6.07, 6.45) is 6.89. The summed E-state index contributed by atoms with van der Waals surface area (Å²) in [4.78, 5) is 36.0. The van der Waals surface area contributed by atoms with E-state index in [4.69, 9.17) is 0 Å². The maximum absolute atomic E-state index is 10.2. The van der Waals surface area contributed by atoms with Crippen LogP contribution in [0.15, 0.2) is 67.3 Å². The van der Waals surface area contributed by atoms with Crippen LogP contribution in [0.2, 0.25) is 0 Å². The molecule has 0 atom stereocenters. The number of carbonyl (C=O) groups is 2. The number of aromatic amines is 1. The molecule has 4 aromatic heterocycles. The summed E-state index contributed by atoms with van der Waals surface area (Å²) in [6, 6.07) is 11.1. The van der Waals surface area contributed by atoms with Gasteiger partial charge in [0.05, 0.1) is 23.3 Å². The molecule has 0 bridgehead atoms. The molecule has 0 aliphatic carbocycles. The van der Waals surface area contributed by atoms with E-state index < -0.39 is 23.3 Å². The number of rotatable bonds is 4. The quantitative estimate of drug-likeness (QED) is 0.246. The van der Waals surface area contributed by atoms with Crippen LogP contribution in [0.3, 0.4) is 0 Å². The van der Waals surface area contributed by atoms with Crippen molar-refractivity contribution in [1.82, 2.24) is 30.1 Å². The third-order valence-corrected chi connectivity index (χ3v) is 3.55. The molecule has 0 unspecified atom stereocenters. The van der Waals surface area contributed by atoms with Gasteiger partial charge < -0.3 is 30.8 Å². The number of aromatic nitrogens is 6. The second-order valence-corrected chi connectivity index (χ2v) is 5.46. The monoisotopic (exact) mass is 484 g/mol. The molecule has 12 nitrogen and oxygen atoms in total. The molecule has 4 rings (SSSR count). The minimum atomic E-state index is -1.52. The van der Waals surface area contributed by atoms with E-state index in [0.717, 1.165) is 29.1 Å². The van der Waals surface area contributed by atoms with E-state index in [0.29, 0.717) is 5.82 Å². The molecule has 0 amide bonds. The summed E-state index contributed by atoms with van der Waals surface area (Å²) in [6.45, 7) is 0. The van der Waals surface area contributed by atoms with Gasteiger partial charge in [0.1, 0.15) is 0 Å². The summed E-state index contributed by atoms with van der Waals surface area (Å²) in [7, 11) is 0. The largest absolute Gasteiger partial charge is 2.00 e. The minimum Gasteiger partial charge on any atom is -0.543 e. The molecule has 7 N–H and O–H groups in total. The third-order valence-electron chi connectivity index (χ3n) is 3.55. The van der Waals surface area contributed by atoms with E-state index in [1.165, 1.54) is 6.07 Å². The van der Waals surface area contributed by atoms with Gasteiger partial charge in [-0.25, -0.2) is 9.97 Å². The van der Waals surface area contributed by atoms with Crippen LogP contribution in [0, 0.1) is 0 Å². The van der Waals surface area contributed by atoms with Crippen LogP contribution in [0.5, 0.6) is 0 Å². The van der Waals surface area contributed by atoms with Crippen LogP contribution >= 0.6 is 0 Å². The van der Waals surface area contributed by atoms with E-state index in [-0.39, 0.29) is 27.4 Å². The fourth-order valence-corrected chi connectivity index (χ4v) is 2.19. The molecule has 13 heteroatoms. The van der Waals surface area contributed by atoms with Crippen molar-refractivity contribution in [3.63, 3.8) is 0 Å². The molecule has 0 radical (unpaired) electrons. The minimum absolute atomic E-state index is 0. The van der Waals surface area contributed by atoms with Gasteiger partial charge in [0.2, 0.25) is 0 Å². The van der Waals surface area contributed by atoms with Crippen LogP contribution in [-0.4, -0.2) is 42.1 Å². The molecule has 0 aliphatic rings. The first kappa shape index (κ1) is 27.9. The molecule has 0 aromatic carbocycles. The van der Waals surface area contributed by atoms with Crippen LogP contribution in [0.1, 0.15) is 21.0 Å². The van der Waals surface area contributed by atoms with Crippen molar-refractivity contribution in [3.8, 4) is 22.8 Å². The number of aromatic carboxylic acids is 2. The van der Waals surface area contributed by atoms with E-state index in [9.17, 15) is 19.8 Å². The Hall–Kier alpha value is -4.06. The van der Waals surface area contributed by atoms with Crippen LogP contribution in [0.25, 0.3) is 22.8 Å². The summed E-state index contributed by atoms with van der Waals surface area (Å²) in [5.41, 5.74) is 1.07. The molecular formula is C19H18N6NiO6+2. The Morgan fingerprint density at radius 1 is 0.719 bits per heavy atom. The second kappa shape index (κ2) is 13.3. The zero-order valence-electron chi connectivity index (χ0n) is 16.2. The molecule has 0 spiro atoms. The number of pyridine rings is 3. The number of hydrogen-bond donors (Lipinski definition) is 1. The van der Waals surface area contributed by atoms with Gasteiger partial charge in [-0.2, -0.15) is 5.10 Å². The number of carboxylic acids is 2. The Labute approximate surface area is 191 Å². The normalized spacial score (nSPS) is 9.00. The number of H-pyrrole nitrogens is 1. The van der Waals surface area contributed by atoms with Crippen molar-refractivity contribution in [2.45, 2.75) is 0 Å². The molecule has 32 heavy (non-hydrogen) atoms. The Kier molecular flexibility index (Phi) is 11.6. The second-order valence-electron chi connectivity index (χ2n) is 5.46. The number of hydrogen-bond acceptors (Lipinski definition) is 9. The number of carboxylic acid groups (broad SMARTS) is 2. The predicted molar refractivity (Wildman–Crippen MR) is 105 cm³/mol. The fraction of sp³-hybridized carbons (Fsp3) is 0. The average Bonchev–Trinajstić information content (AvgIpc) is 3.26. The van der Waals surface area contributed by atoms with E-state index in [1.54, 1.807) is 24.8 Å². The van der Waals surface area contributed by atoms with Gasteiger partial charge >= 0.3 is 16.5 Å². The van der Waals surface area contributed by atoms with Crippen LogP contribution in [0.4, 0.5) is 0 Å². The molecule has 4 heterocycles. The Morgan fingerprint density at radius 3 is 1.66 bits per heavy atom. The van der Waals surface area contributed by atoms with Crippen molar-refractivity contribution in [3.05, 3.63) is 78.6 Å². The topological polar surface area (TPSA) is 226 Å². The maximum Gasteiger partial charge on any atom is 2.00 e. The summed E-state index contributed by atoms with van der Waals surface area (Å²) >= 11 is 0. The van der Waals surface area contributed by atoms with Gasteiger partial charge in [0.25, 0.3) is 0 Å². The number of carbonyl (C=O) groups excluding carboxylic acids is 2. The predicted octanol–water partition coefficient (Wildman–Crippen LogP) is -2.11. The molecule has 0 saturated heterocycles. The van der Waals surface area contributed by atoms with Crippen LogP contribution < -0.4 is 10.2 Å². The molecule has 0 fully saturated rings. The van der Waals surface area contributed by atoms with Gasteiger partial charge in [-0.15, -0.1) is 0 Å². The fourth-order valence-electron chi connectivity index (χ4n) is 2.19. The molecule has 4 aromatic rings. The molecule has 0 aliphatic heterocycles. The molecular weight excluding hydrogens is 467 g/mol. The van der Waals surface area contributed by atoms with Gasteiger partial charge in [0, 0.05) is 35.9 Å². The number of nitrogens with zero attached hydrogens (tertiary/aromatic N) is 5. The average molecular weight is 485 g/mol. The summed E-state index contributed by atoms with van der Waals surface area (Å²) in [5, 5.41) is 27.5. The van der Waals surface area contributed by atoms with Crippen LogP contribution in [-0.2, 0) is 27.4 Å². The van der Waals surface area contributed by atoms with Crippen molar-refractivity contribution in [1.29, 1.82) is 0 Å². The van der Waals surface area contributed by atoms with Gasteiger partial charge in [0.15, 0.2) is 11.6 Å². The van der Waals surface area contributed by atoms with E-state index in [2.05, 4.69) is 30.1 Å². The zero-order valence-corrected chi connectivity index (χ0v) is 17.2. The van der Waals surface area contributed by atoms with Crippen molar-refractivity contribution in [2.24, 2.45) is 0 Å². The Bertz CT molecular complexity index is 1040. The first-order valence-electron chi connectivity index (χ1n) is 8.17. The standard InChI is InChI=1S/C12H9N5.C7H5NO4.Ni.2H2O/c1-5-13-6-2-9(1)11-15-12(17-16-11)10-3-7-14-8-4-10;9-6(10)4-2-1-3-5(8-4)7(11)12;;;/h1-8H,(H,15,16,17);1-3H,(H,9,10)(H,11,12);;2*1H2/q;;+2;;. The molecule has 168 valence electrons. The Balaban J connectivity index is 0.000000579. The van der Waals surface area contributed by atoms with Gasteiger partial charge in [-0.05, 0) is 36.4 Å². The maximum atomic E-state index is 10.2. The van der Waals surface area contributed by atoms with Crippen molar-refractivity contribution < 1.29 is 47.2 Å². The van der Waals surface area contributed by atoms with Gasteiger partial charge in [-0.1, -0.05) is 6.07 Å². The van der Waals surface area contributed by atoms with Crippen molar-refractivity contribution in [2.75, 3.05) is 0 Å². The Morgan fingerprint density at radius 2 is 1.19 bits per heavy atom. The number of nitrogens with one attached hydrogen (secondary N) is 1. The van der Waals surface area contributed by atoms with E-state index >= 15 is 0 Å². The van der Waals surface area contributed by atoms with Gasteiger partial charge in [-0.3, -0.25) is 15.1 Å². The summed E-state index contributed by atoms with van der Waals surface area (Å²) in [5.74, 6) is -1.63.